The first-order chi connectivity index (χ1) is 8.69. The lowest BCUT2D eigenvalue weighted by molar-refractivity contribution is -0.108. The highest BCUT2D eigenvalue weighted by Gasteiger charge is 2.26. The summed E-state index contributed by atoms with van der Waals surface area (Å²) < 4.78 is 0. The van der Waals surface area contributed by atoms with E-state index in [9.17, 15) is 9.59 Å². The zero-order valence-corrected chi connectivity index (χ0v) is 9.96. The second-order valence-electron chi connectivity index (χ2n) is 4.56. The smallest absolute Gasteiger partial charge is 0.186 e. The number of benzene rings is 1. The second-order valence-corrected chi connectivity index (χ2v) is 4.56. The lowest BCUT2D eigenvalue weighted by Gasteiger charge is -2.19. The molecule has 1 atom stereocenters. The van der Waals surface area contributed by atoms with Gasteiger partial charge in [-0.15, -0.1) is 0 Å². The molecule has 1 aliphatic carbocycles. The molecule has 1 aliphatic heterocycles. The number of hydrogen-bond acceptors (Lipinski definition) is 4. The van der Waals surface area contributed by atoms with Crippen LogP contribution in [0.4, 0.5) is 5.69 Å². The van der Waals surface area contributed by atoms with Gasteiger partial charge in [-0.25, -0.2) is 0 Å². The van der Waals surface area contributed by atoms with Gasteiger partial charge in [0.05, 0.1) is 5.69 Å². The van der Waals surface area contributed by atoms with Gasteiger partial charge in [0.1, 0.15) is 12.3 Å². The van der Waals surface area contributed by atoms with Gasteiger partial charge in [0, 0.05) is 17.7 Å². The summed E-state index contributed by atoms with van der Waals surface area (Å²) in [6.07, 6.45) is 4.90. The first kappa shape index (κ1) is 10.9. The molecule has 0 amide bonds. The summed E-state index contributed by atoms with van der Waals surface area (Å²) in [5, 5.41) is 6.04. The van der Waals surface area contributed by atoms with Crippen LogP contribution in [-0.2, 0) is 4.79 Å². The van der Waals surface area contributed by atoms with Crippen molar-refractivity contribution < 1.29 is 9.59 Å². The van der Waals surface area contributed by atoms with Crippen molar-refractivity contribution in [1.82, 2.24) is 0 Å². The standard InChI is InChI=1S/C14H12N2O2/c1-9-6-12(8-17)16(15-9)11-4-2-10-3-5-14(18)13(10)7-11/h2-5,7-8,12H,6H2,1H3. The molecule has 0 spiro atoms. The molecule has 4 nitrogen and oxygen atoms in total. The number of carbonyl (C=O) groups excluding carboxylic acids is 2. The Hall–Kier alpha value is -2.23. The largest absolute Gasteiger partial charge is 0.301 e. The molecule has 0 bridgehead atoms. The van der Waals surface area contributed by atoms with Gasteiger partial charge in [-0.1, -0.05) is 12.1 Å². The average Bonchev–Trinajstić information content (AvgIpc) is 2.93. The van der Waals surface area contributed by atoms with Gasteiger partial charge >= 0.3 is 0 Å². The maximum atomic E-state index is 11.6. The number of hydrogen-bond donors (Lipinski definition) is 0. The summed E-state index contributed by atoms with van der Waals surface area (Å²) in [6.45, 7) is 1.90. The summed E-state index contributed by atoms with van der Waals surface area (Å²) in [4.78, 5) is 22.7. The van der Waals surface area contributed by atoms with E-state index in [-0.39, 0.29) is 11.8 Å². The van der Waals surface area contributed by atoms with E-state index in [0.29, 0.717) is 12.0 Å². The summed E-state index contributed by atoms with van der Waals surface area (Å²) in [6, 6.07) is 5.32. The molecule has 4 heteroatoms. The minimum atomic E-state index is -0.257. The van der Waals surface area contributed by atoms with Crippen molar-refractivity contribution in [3.05, 3.63) is 35.4 Å². The van der Waals surface area contributed by atoms with Gasteiger partial charge in [0.15, 0.2) is 5.78 Å². The Labute approximate surface area is 105 Å². The van der Waals surface area contributed by atoms with Crippen LogP contribution in [0.1, 0.15) is 29.3 Å². The number of hydrazone groups is 1. The molecule has 0 aromatic heterocycles. The number of rotatable bonds is 2. The van der Waals surface area contributed by atoms with E-state index in [1.54, 1.807) is 23.2 Å². The highest BCUT2D eigenvalue weighted by Crippen LogP contribution is 2.29. The van der Waals surface area contributed by atoms with E-state index in [0.717, 1.165) is 23.2 Å². The molecule has 0 N–H and O–H groups in total. The summed E-state index contributed by atoms with van der Waals surface area (Å²) in [7, 11) is 0. The lowest BCUT2D eigenvalue weighted by Crippen LogP contribution is -2.27. The van der Waals surface area contributed by atoms with E-state index in [2.05, 4.69) is 5.10 Å². The van der Waals surface area contributed by atoms with E-state index in [1.165, 1.54) is 0 Å². The number of anilines is 1. The Balaban J connectivity index is 2.01. The van der Waals surface area contributed by atoms with Crippen LogP contribution in [0.15, 0.2) is 29.4 Å². The Morgan fingerprint density at radius 3 is 3.00 bits per heavy atom. The molecule has 3 rings (SSSR count). The molecule has 1 aromatic rings. The topological polar surface area (TPSA) is 49.7 Å². The predicted molar refractivity (Wildman–Crippen MR) is 69.9 cm³/mol. The van der Waals surface area contributed by atoms with Crippen LogP contribution in [-0.4, -0.2) is 23.8 Å². The Kier molecular flexibility index (Phi) is 2.37. The van der Waals surface area contributed by atoms with Crippen LogP contribution in [0.3, 0.4) is 0 Å². The molecule has 1 aromatic carbocycles. The fourth-order valence-electron chi connectivity index (χ4n) is 2.34. The van der Waals surface area contributed by atoms with E-state index in [4.69, 9.17) is 0 Å². The maximum absolute atomic E-state index is 11.6. The average molecular weight is 240 g/mol. The second kappa shape index (κ2) is 3.91. The van der Waals surface area contributed by atoms with Gasteiger partial charge < -0.3 is 4.79 Å². The van der Waals surface area contributed by atoms with E-state index < -0.39 is 0 Å². The molecule has 0 radical (unpaired) electrons. The van der Waals surface area contributed by atoms with Crippen molar-refractivity contribution in [3.8, 4) is 0 Å². The monoisotopic (exact) mass is 240 g/mol. The van der Waals surface area contributed by atoms with Crippen molar-refractivity contribution in [3.63, 3.8) is 0 Å². The molecule has 0 fully saturated rings. The highest BCUT2D eigenvalue weighted by atomic mass is 16.1. The maximum Gasteiger partial charge on any atom is 0.186 e. The van der Waals surface area contributed by atoms with Crippen LogP contribution >= 0.6 is 0 Å². The minimum Gasteiger partial charge on any atom is -0.301 e. The first-order valence-electron chi connectivity index (χ1n) is 5.84. The van der Waals surface area contributed by atoms with Crippen molar-refractivity contribution in [2.75, 3.05) is 5.01 Å². The van der Waals surface area contributed by atoms with Crippen LogP contribution in [0.5, 0.6) is 0 Å². The highest BCUT2D eigenvalue weighted by molar-refractivity contribution is 6.14. The number of aldehydes is 1. The van der Waals surface area contributed by atoms with Crippen molar-refractivity contribution >= 4 is 29.5 Å². The third-order valence-electron chi connectivity index (χ3n) is 3.24. The van der Waals surface area contributed by atoms with Gasteiger partial charge in [-0.05, 0) is 30.7 Å². The van der Waals surface area contributed by atoms with Gasteiger partial charge in [-0.3, -0.25) is 9.80 Å². The minimum absolute atomic E-state index is 0.00871. The molecule has 1 heterocycles. The number of ketones is 1. The fourth-order valence-corrected chi connectivity index (χ4v) is 2.34. The third kappa shape index (κ3) is 1.57. The molecule has 90 valence electrons. The van der Waals surface area contributed by atoms with E-state index >= 15 is 0 Å². The predicted octanol–water partition coefficient (Wildman–Crippen LogP) is 2.05. The van der Waals surface area contributed by atoms with Crippen LogP contribution in [0, 0.1) is 0 Å². The van der Waals surface area contributed by atoms with Crippen LogP contribution < -0.4 is 5.01 Å². The molecule has 18 heavy (non-hydrogen) atoms. The third-order valence-corrected chi connectivity index (χ3v) is 3.24. The number of carbonyl (C=O) groups is 2. The number of allylic oxidation sites excluding steroid dienone is 1. The summed E-state index contributed by atoms with van der Waals surface area (Å²) >= 11 is 0. The van der Waals surface area contributed by atoms with Crippen molar-refractivity contribution in [1.29, 1.82) is 0 Å². The Morgan fingerprint density at radius 1 is 1.39 bits per heavy atom. The quantitative estimate of drug-likeness (QED) is 0.743. The Morgan fingerprint density at radius 2 is 2.22 bits per heavy atom. The summed E-state index contributed by atoms with van der Waals surface area (Å²) in [5.74, 6) is 0.00871. The molecular formula is C14H12N2O2. The number of fused-ring (bicyclic) bond motifs is 1. The summed E-state index contributed by atoms with van der Waals surface area (Å²) in [5.41, 5.74) is 3.32. The Bertz CT molecular complexity index is 602. The van der Waals surface area contributed by atoms with E-state index in [1.807, 2.05) is 19.1 Å². The van der Waals surface area contributed by atoms with Crippen molar-refractivity contribution in [2.24, 2.45) is 5.10 Å². The van der Waals surface area contributed by atoms with Crippen LogP contribution in [0.2, 0.25) is 0 Å². The zero-order chi connectivity index (χ0) is 12.7. The van der Waals surface area contributed by atoms with Crippen LogP contribution in [0.25, 0.3) is 6.08 Å². The van der Waals surface area contributed by atoms with Crippen molar-refractivity contribution in [2.45, 2.75) is 19.4 Å². The number of nitrogens with zero attached hydrogens (tertiary/aromatic N) is 2. The SMILES string of the molecule is CC1=NN(c2ccc3c(c2)C(=O)C=C3)C(C=O)C1. The molecular weight excluding hydrogens is 228 g/mol. The zero-order valence-electron chi connectivity index (χ0n) is 9.96. The lowest BCUT2D eigenvalue weighted by atomic mass is 10.1. The fraction of sp³-hybridized carbons (Fsp3) is 0.214. The normalized spacial score (nSPS) is 21.2. The van der Waals surface area contributed by atoms with Gasteiger partial charge in [0.2, 0.25) is 0 Å². The molecule has 2 aliphatic rings. The van der Waals surface area contributed by atoms with Gasteiger partial charge in [0.25, 0.3) is 0 Å². The molecule has 0 saturated heterocycles. The molecule has 1 unspecified atom stereocenters. The first-order valence-corrected chi connectivity index (χ1v) is 5.84. The molecule has 0 saturated carbocycles. The van der Waals surface area contributed by atoms with Gasteiger partial charge in [-0.2, -0.15) is 5.10 Å².